The van der Waals surface area contributed by atoms with Crippen LogP contribution in [0.3, 0.4) is 0 Å². The third-order valence-corrected chi connectivity index (χ3v) is 13.5. The molecule has 4 aromatic rings. The molecule has 1 atom stereocenters. The number of alkyl halides is 3. The molecule has 3 fully saturated rings. The predicted octanol–water partition coefficient (Wildman–Crippen LogP) is 4.14. The van der Waals surface area contributed by atoms with Gasteiger partial charge < -0.3 is 14.6 Å². The van der Waals surface area contributed by atoms with E-state index in [1.807, 2.05) is 11.0 Å². The van der Waals surface area contributed by atoms with Crippen molar-refractivity contribution in [3.8, 4) is 6.07 Å². The van der Waals surface area contributed by atoms with E-state index in [0.717, 1.165) is 60.3 Å². The van der Waals surface area contributed by atoms with Gasteiger partial charge in [-0.1, -0.05) is 6.07 Å². The van der Waals surface area contributed by atoms with Gasteiger partial charge in [-0.25, -0.2) is 9.97 Å². The van der Waals surface area contributed by atoms with Crippen LogP contribution in [-0.2, 0) is 34.5 Å². The van der Waals surface area contributed by atoms with Crippen LogP contribution in [0.15, 0.2) is 30.6 Å². The molecular weight excluding hydrogens is 742 g/mol. The Hall–Kier alpha value is -3.41. The first-order chi connectivity index (χ1) is 25.9. The number of aryl methyl sites for hydroxylation is 1. The Morgan fingerprint density at radius 2 is 1.76 bits per heavy atom. The lowest BCUT2D eigenvalue weighted by Crippen LogP contribution is -2.55. The fourth-order valence-corrected chi connectivity index (χ4v) is 9.94. The Bertz CT molecular complexity index is 2080. The van der Waals surface area contributed by atoms with Crippen molar-refractivity contribution in [3.05, 3.63) is 52.3 Å². The molecule has 0 amide bonds. The minimum absolute atomic E-state index is 0.0915. The minimum Gasteiger partial charge on any atom is -0.379 e. The van der Waals surface area contributed by atoms with Crippen molar-refractivity contribution >= 4 is 48.5 Å². The van der Waals surface area contributed by atoms with E-state index in [2.05, 4.69) is 66.4 Å². The molecule has 54 heavy (non-hydrogen) atoms. The van der Waals surface area contributed by atoms with Crippen LogP contribution in [-0.4, -0.2) is 132 Å². The summed E-state index contributed by atoms with van der Waals surface area (Å²) in [6, 6.07) is 10.4. The van der Waals surface area contributed by atoms with Crippen LogP contribution in [0, 0.1) is 18.3 Å². The van der Waals surface area contributed by atoms with E-state index in [9.17, 15) is 26.9 Å². The second-order valence-corrected chi connectivity index (χ2v) is 17.4. The van der Waals surface area contributed by atoms with Gasteiger partial charge in [0.1, 0.15) is 28.7 Å². The van der Waals surface area contributed by atoms with Crippen molar-refractivity contribution in [2.75, 3.05) is 77.6 Å². The summed E-state index contributed by atoms with van der Waals surface area (Å²) in [6.45, 7) is 12.3. The number of fused-ring (bicyclic) bond motifs is 2. The van der Waals surface area contributed by atoms with Crippen LogP contribution in [0.25, 0.3) is 21.1 Å². The van der Waals surface area contributed by atoms with Gasteiger partial charge in [-0.05, 0) is 56.0 Å². The number of nitriles is 1. The third-order valence-electron chi connectivity index (χ3n) is 10.9. The van der Waals surface area contributed by atoms with Gasteiger partial charge in [-0.3, -0.25) is 14.7 Å². The molecule has 0 aliphatic carbocycles. The normalized spacial score (nSPS) is 19.8. The van der Waals surface area contributed by atoms with Gasteiger partial charge in [-0.2, -0.15) is 35.9 Å². The minimum atomic E-state index is -4.27. The molecule has 1 unspecified atom stereocenters. The first-order valence-corrected chi connectivity index (χ1v) is 20.7. The van der Waals surface area contributed by atoms with E-state index in [1.165, 1.54) is 16.2 Å². The highest BCUT2D eigenvalue weighted by atomic mass is 32.2. The summed E-state index contributed by atoms with van der Waals surface area (Å²) < 4.78 is 76.7. The van der Waals surface area contributed by atoms with Crippen molar-refractivity contribution in [2.24, 2.45) is 0 Å². The molecule has 292 valence electrons. The summed E-state index contributed by atoms with van der Waals surface area (Å²) in [5.41, 5.74) is 3.97. The Morgan fingerprint density at radius 3 is 2.46 bits per heavy atom. The Labute approximate surface area is 317 Å². The number of piperazine rings is 1. The molecule has 3 aliphatic heterocycles. The van der Waals surface area contributed by atoms with E-state index < -0.39 is 22.8 Å². The van der Waals surface area contributed by atoms with Crippen molar-refractivity contribution in [1.82, 2.24) is 38.3 Å². The first kappa shape index (κ1) is 38.8. The van der Waals surface area contributed by atoms with E-state index in [4.69, 9.17) is 4.74 Å². The molecule has 0 radical (unpaired) electrons. The number of halogens is 3. The van der Waals surface area contributed by atoms with Gasteiger partial charge in [0.05, 0.1) is 31.7 Å². The van der Waals surface area contributed by atoms with Crippen molar-refractivity contribution in [1.29, 1.82) is 5.26 Å². The Kier molecular flexibility index (Phi) is 11.8. The molecule has 0 saturated carbocycles. The van der Waals surface area contributed by atoms with Crippen molar-refractivity contribution in [2.45, 2.75) is 64.5 Å². The first-order valence-electron chi connectivity index (χ1n) is 18.5. The topological polar surface area (TPSA) is 135 Å². The van der Waals surface area contributed by atoms with Gasteiger partial charge in [0.25, 0.3) is 10.2 Å². The van der Waals surface area contributed by atoms with Crippen LogP contribution in [0.5, 0.6) is 0 Å². The number of aromatic nitrogens is 3. The SMILES string of the molecule is Cc1c(CN2CCC(Nc3ncnc4sc(CC(F)(F)F)cc34)CC2)ccc2c1cc(C#N)n2CC(C)N1CCN(S(=O)(=O)NCN2CCOCC2)CC1. The van der Waals surface area contributed by atoms with Crippen molar-refractivity contribution in [3.63, 3.8) is 0 Å². The van der Waals surface area contributed by atoms with Gasteiger partial charge in [0, 0.05) is 93.3 Å². The van der Waals surface area contributed by atoms with E-state index in [-0.39, 0.29) is 23.6 Å². The smallest absolute Gasteiger partial charge is 0.379 e. The molecule has 18 heteroatoms. The van der Waals surface area contributed by atoms with Crippen LogP contribution in [0.2, 0.25) is 0 Å². The number of hydrogen-bond donors (Lipinski definition) is 2. The average molecular weight is 789 g/mol. The van der Waals surface area contributed by atoms with E-state index >= 15 is 0 Å². The zero-order valence-electron chi connectivity index (χ0n) is 30.6. The molecule has 3 aliphatic rings. The molecule has 13 nitrogen and oxygen atoms in total. The maximum Gasteiger partial charge on any atom is 0.393 e. The summed E-state index contributed by atoms with van der Waals surface area (Å²) in [5.74, 6) is 0.583. The summed E-state index contributed by atoms with van der Waals surface area (Å²) >= 11 is 1.06. The number of thiophene rings is 1. The van der Waals surface area contributed by atoms with Gasteiger partial charge in [0.15, 0.2) is 0 Å². The average Bonchev–Trinajstić information content (AvgIpc) is 3.73. The van der Waals surface area contributed by atoms with Crippen LogP contribution in [0.4, 0.5) is 19.0 Å². The van der Waals surface area contributed by atoms with Gasteiger partial charge in [-0.15, -0.1) is 11.3 Å². The number of rotatable bonds is 12. The number of ether oxygens (including phenoxy) is 1. The van der Waals surface area contributed by atoms with Crippen LogP contribution in [0.1, 0.15) is 41.5 Å². The number of hydrogen-bond acceptors (Lipinski definition) is 11. The number of nitrogens with one attached hydrogen (secondary N) is 2. The number of morpholine rings is 1. The fourth-order valence-electron chi connectivity index (χ4n) is 7.74. The maximum absolute atomic E-state index is 13.0. The summed E-state index contributed by atoms with van der Waals surface area (Å²) in [6.07, 6.45) is -2.11. The molecule has 0 bridgehead atoms. The number of benzene rings is 1. The summed E-state index contributed by atoms with van der Waals surface area (Å²) in [4.78, 5) is 16.1. The number of piperidine rings is 1. The highest BCUT2D eigenvalue weighted by Gasteiger charge is 2.31. The van der Waals surface area contributed by atoms with Crippen LogP contribution < -0.4 is 10.0 Å². The molecule has 0 spiro atoms. The lowest BCUT2D eigenvalue weighted by Gasteiger charge is -2.38. The van der Waals surface area contributed by atoms with E-state index in [1.54, 1.807) is 6.07 Å². The number of nitrogens with zero attached hydrogens (tertiary/aromatic N) is 8. The molecule has 3 aromatic heterocycles. The zero-order valence-corrected chi connectivity index (χ0v) is 32.2. The van der Waals surface area contributed by atoms with Crippen molar-refractivity contribution < 1.29 is 26.3 Å². The monoisotopic (exact) mass is 788 g/mol. The number of anilines is 1. The number of likely N-dealkylation sites (tertiary alicyclic amines) is 1. The second kappa shape index (κ2) is 16.4. The largest absolute Gasteiger partial charge is 0.393 e. The summed E-state index contributed by atoms with van der Waals surface area (Å²) in [5, 5.41) is 15.3. The lowest BCUT2D eigenvalue weighted by atomic mass is 10.0. The molecule has 1 aromatic carbocycles. The highest BCUT2D eigenvalue weighted by Crippen LogP contribution is 2.34. The highest BCUT2D eigenvalue weighted by molar-refractivity contribution is 7.87. The fraction of sp³-hybridized carbons (Fsp3) is 0.583. The quantitative estimate of drug-likeness (QED) is 0.216. The molecule has 3 saturated heterocycles. The van der Waals surface area contributed by atoms with E-state index in [0.29, 0.717) is 80.8 Å². The zero-order chi connectivity index (χ0) is 38.0. The second-order valence-electron chi connectivity index (χ2n) is 14.5. The standard InChI is InChI=1S/C36H47F3N10O3S2/c1-25(47-9-11-48(12-10-47)54(50,51)43-24-46-13-15-52-16-14-46)21-49-29(20-40)17-31-26(2)27(3-4-33(31)49)22-45-7-5-28(6-8-45)44-34-32-18-30(19-36(37,38)39)53-35(32)42-23-41-34/h3-4,17-18,23,25,28,43H,5-16,19,21-22,24H2,1-2H3,(H,41,42,44). The van der Waals surface area contributed by atoms with Gasteiger partial charge in [0.2, 0.25) is 0 Å². The lowest BCUT2D eigenvalue weighted by molar-refractivity contribution is -0.126. The maximum atomic E-state index is 13.0. The summed E-state index contributed by atoms with van der Waals surface area (Å²) in [7, 11) is -3.58. The van der Waals surface area contributed by atoms with Crippen LogP contribution >= 0.6 is 11.3 Å². The third kappa shape index (κ3) is 9.00. The molecule has 7 rings (SSSR count). The predicted molar refractivity (Wildman–Crippen MR) is 202 cm³/mol. The molecule has 2 N–H and O–H groups in total. The molecule has 6 heterocycles. The van der Waals surface area contributed by atoms with Gasteiger partial charge >= 0.3 is 6.18 Å². The Balaban J connectivity index is 0.933. The Morgan fingerprint density at radius 1 is 1.02 bits per heavy atom. The molecular formula is C36H47F3N10O3S2.